The van der Waals surface area contributed by atoms with E-state index < -0.39 is 9.53 Å². The summed E-state index contributed by atoms with van der Waals surface area (Å²) in [6.45, 7) is 0. The third-order valence-corrected chi connectivity index (χ3v) is 2.25. The van der Waals surface area contributed by atoms with Crippen LogP contribution in [0.1, 0.15) is 0 Å². The van der Waals surface area contributed by atoms with Crippen molar-refractivity contribution in [3.63, 3.8) is 0 Å². The predicted molar refractivity (Wildman–Crippen MR) is 26.3 cm³/mol. The Balaban J connectivity index is 0. The second-order valence-electron chi connectivity index (χ2n) is 0.556. The van der Waals surface area contributed by atoms with Gasteiger partial charge in [-0.25, -0.2) is 0 Å². The van der Waals surface area contributed by atoms with Crippen molar-refractivity contribution in [3.8, 4) is 0 Å². The Morgan fingerprint density at radius 1 is 0.875 bits per heavy atom. The van der Waals surface area contributed by atoms with E-state index in [9.17, 15) is 0 Å². The number of hydrogen-bond donors (Lipinski definition) is 0. The topological polar surface area (TPSA) is 27.7 Å². The minimum absolute atomic E-state index is 0. The van der Waals surface area contributed by atoms with Crippen molar-refractivity contribution in [2.45, 2.75) is 0 Å². The van der Waals surface area contributed by atoms with Gasteiger partial charge in [0.15, 0.2) is 0 Å². The summed E-state index contributed by atoms with van der Waals surface area (Å²) in [5.41, 5.74) is 0. The summed E-state index contributed by atoms with van der Waals surface area (Å²) < 4.78 is 13.2. The zero-order valence-corrected chi connectivity index (χ0v) is 14.3. The first-order valence-corrected chi connectivity index (χ1v) is 3.67. The maximum Gasteiger partial charge on any atom is 0.543 e. The van der Waals surface area contributed by atoms with Gasteiger partial charge in [0.1, 0.15) is 0 Å². The summed E-state index contributed by atoms with van der Waals surface area (Å²) in [4.78, 5) is 0. The van der Waals surface area contributed by atoms with Gasteiger partial charge in [-0.1, -0.05) is 0 Å². The molecule has 0 unspecified atom stereocenters. The second-order valence-corrected chi connectivity index (χ2v) is 3.51. The van der Waals surface area contributed by atoms with Crippen LogP contribution in [0.25, 0.3) is 0 Å². The average molecular weight is 427 g/mol. The van der Waals surface area contributed by atoms with Gasteiger partial charge < -0.3 is 12.3 Å². The molecule has 0 atom stereocenters. The average Bonchev–Trinajstić information content (AvgIpc) is 1.72. The summed E-state index contributed by atoms with van der Waals surface area (Å²) in [6, 6.07) is 0. The Hall–Kier alpha value is -0.252. The molecule has 0 spiro atoms. The molecule has 0 aromatic carbocycles. The van der Waals surface area contributed by atoms with Crippen LogP contribution in [-0.2, 0) is 12.3 Å². The van der Waals surface area contributed by atoms with E-state index in [0.29, 0.717) is 0 Å². The molecule has 0 aliphatic rings. The third-order valence-electron chi connectivity index (χ3n) is 0.250. The molecule has 0 aliphatic carbocycles. The van der Waals surface area contributed by atoms with Gasteiger partial charge in [-0.15, -0.1) is 0 Å². The van der Waals surface area contributed by atoms with Crippen LogP contribution in [0.5, 0.6) is 0 Å². The van der Waals surface area contributed by atoms with Crippen molar-refractivity contribution in [3.05, 3.63) is 0 Å². The van der Waals surface area contributed by atoms with Gasteiger partial charge >= 0.3 is 9.53 Å². The Labute approximate surface area is 53.9 Å². The fraction of sp³-hybridized carbons (Fsp3) is 0. The van der Waals surface area contributed by atoms with Gasteiger partial charge in [0.25, 0.3) is 0 Å². The van der Waals surface area contributed by atoms with E-state index in [0.717, 1.165) is 0 Å². The fourth-order valence-corrected chi connectivity index (χ4v) is 1.69. The Kier molecular flexibility index (Phi) is 9.01. The molecule has 0 bridgehead atoms. The maximum absolute atomic E-state index is 4.41. The molecule has 0 aromatic rings. The molecule has 0 amide bonds. The summed E-state index contributed by atoms with van der Waals surface area (Å²) in [7, 11) is 6.52. The number of rotatable bonds is 3. The molecule has 0 rings (SSSR count). The quantitative estimate of drug-likeness (QED) is 0.502. The van der Waals surface area contributed by atoms with Crippen molar-refractivity contribution >= 4 is 41.0 Å². The van der Waals surface area contributed by atoms with E-state index in [1.807, 2.05) is 0 Å². The molecule has 0 N–H and O–H groups in total. The molecule has 0 aliphatic heterocycles. The monoisotopic (exact) mass is 427 g/mol. The van der Waals surface area contributed by atoms with Gasteiger partial charge in [-0.2, -0.15) is 0 Å². The largest absolute Gasteiger partial charge is 0.543 e. The SMILES string of the molecule is [Rf].[Si]O[Si](O[Si])O[Si]. The minimum atomic E-state index is -1.62. The van der Waals surface area contributed by atoms with Crippen LogP contribution >= 0.6 is 0 Å². The molecule has 0 saturated carbocycles. The molecule has 3 nitrogen and oxygen atoms in total. The van der Waals surface area contributed by atoms with E-state index in [1.54, 1.807) is 0 Å². The normalized spacial score (nSPS) is 9.00. The van der Waals surface area contributed by atoms with Crippen molar-refractivity contribution in [1.29, 1.82) is 0 Å². The molecule has 0 saturated heterocycles. The van der Waals surface area contributed by atoms with Gasteiger partial charge in [-0.05, 0) is 0 Å². The molecule has 8 heavy (non-hydrogen) atoms. The van der Waals surface area contributed by atoms with Crippen molar-refractivity contribution in [2.24, 2.45) is 0 Å². The third kappa shape index (κ3) is 3.92. The van der Waals surface area contributed by atoms with Crippen LogP contribution < -0.4 is 0 Å². The molecule has 10 radical (unpaired) electrons. The van der Waals surface area contributed by atoms with Crippen LogP contribution in [0.3, 0.4) is 0 Å². The molecule has 0 heterocycles. The molecular formula is O3RfSi4. The summed E-state index contributed by atoms with van der Waals surface area (Å²) >= 11 is 0. The summed E-state index contributed by atoms with van der Waals surface area (Å²) in [6.07, 6.45) is 0. The molecular weight excluding hydrogens is 427 g/mol. The number of hydrogen-bond acceptors (Lipinski definition) is 3. The standard InChI is InChI=1S/O3Si4.Rf/c4-1-7(2-5)3-6;. The second kappa shape index (κ2) is 6.75. The van der Waals surface area contributed by atoms with Gasteiger partial charge in [0.05, 0.1) is 0 Å². The van der Waals surface area contributed by atoms with Crippen LogP contribution in [0.4, 0.5) is 0 Å². The van der Waals surface area contributed by atoms with Crippen LogP contribution in [-0.4, -0.2) is 41.0 Å². The molecule has 36 valence electrons. The van der Waals surface area contributed by atoms with E-state index in [2.05, 4.69) is 43.8 Å². The maximum atomic E-state index is 4.41. The Morgan fingerprint density at radius 3 is 1.12 bits per heavy atom. The van der Waals surface area contributed by atoms with Crippen molar-refractivity contribution < 1.29 is 12.3 Å². The molecule has 0 aromatic heterocycles. The van der Waals surface area contributed by atoms with Crippen LogP contribution in [0, 0.1) is 0 Å². The smallest absolute Gasteiger partial charge is 0.414 e. The van der Waals surface area contributed by atoms with Crippen LogP contribution in [0.2, 0.25) is 0 Å². The zero-order chi connectivity index (χ0) is 5.70. The zero-order valence-electron chi connectivity index (χ0n) is 3.93. The Bertz CT molecular complexity index is 32.8. The summed E-state index contributed by atoms with van der Waals surface area (Å²) in [5, 5.41) is 0. The van der Waals surface area contributed by atoms with Crippen molar-refractivity contribution in [1.82, 2.24) is 0 Å². The van der Waals surface area contributed by atoms with Gasteiger partial charge in [0, 0.05) is 0 Å². The first-order chi connectivity index (χ1) is 3.35. The predicted octanol–water partition coefficient (Wildman–Crippen LogP) is -1.73. The fourth-order valence-electron chi connectivity index (χ4n) is 0.0625. The summed E-state index contributed by atoms with van der Waals surface area (Å²) in [5.74, 6) is 0. The van der Waals surface area contributed by atoms with Gasteiger partial charge in [0.2, 0.25) is 31.5 Å². The van der Waals surface area contributed by atoms with E-state index in [-0.39, 0.29) is 0 Å². The first kappa shape index (κ1) is 10.7. The Morgan fingerprint density at radius 2 is 1.12 bits per heavy atom. The van der Waals surface area contributed by atoms with E-state index in [1.165, 1.54) is 0 Å². The minimum Gasteiger partial charge on any atom is -0.414 e. The molecule has 0 fully saturated rings. The van der Waals surface area contributed by atoms with E-state index >= 15 is 0 Å². The molecule has 8 heteroatoms. The van der Waals surface area contributed by atoms with E-state index in [4.69, 9.17) is 0 Å². The first-order valence-electron chi connectivity index (χ1n) is 1.22. The van der Waals surface area contributed by atoms with Crippen molar-refractivity contribution in [2.75, 3.05) is 0 Å². The van der Waals surface area contributed by atoms with Gasteiger partial charge in [-0.3, -0.25) is 0 Å². The van der Waals surface area contributed by atoms with Crippen LogP contribution in [0.15, 0.2) is 0 Å².